The normalized spacial score (nSPS) is 11.7. The van der Waals surface area contributed by atoms with Gasteiger partial charge in [-0.05, 0) is 54.1 Å². The number of fused-ring (bicyclic) bond motifs is 1. The van der Waals surface area contributed by atoms with Gasteiger partial charge in [-0.2, -0.15) is 13.2 Å². The molecule has 4 rings (SSSR count). The highest BCUT2D eigenvalue weighted by atomic mass is 35.5. The predicted molar refractivity (Wildman–Crippen MR) is 113 cm³/mol. The number of H-pyrrole nitrogens is 1. The monoisotopic (exact) mass is 445 g/mol. The molecule has 0 atom stereocenters. The van der Waals surface area contributed by atoms with Crippen LogP contribution in [0.3, 0.4) is 0 Å². The Balaban J connectivity index is 2.07. The van der Waals surface area contributed by atoms with E-state index in [1.54, 1.807) is 12.1 Å². The van der Waals surface area contributed by atoms with E-state index in [-0.39, 0.29) is 50.5 Å². The molecular formula is C23H15ClF3NO3. The molecule has 4 nitrogen and oxygen atoms in total. The number of aromatic hydroxyl groups is 2. The summed E-state index contributed by atoms with van der Waals surface area (Å²) in [5.41, 5.74) is -0.0657. The zero-order chi connectivity index (χ0) is 22.3. The number of pyridine rings is 1. The van der Waals surface area contributed by atoms with Gasteiger partial charge >= 0.3 is 6.18 Å². The maximum Gasteiger partial charge on any atom is 0.416 e. The van der Waals surface area contributed by atoms with Crippen molar-refractivity contribution in [1.29, 1.82) is 0 Å². The number of aromatic amines is 1. The molecule has 0 aliphatic heterocycles. The van der Waals surface area contributed by atoms with E-state index in [0.717, 1.165) is 12.1 Å². The number of alkyl halides is 3. The van der Waals surface area contributed by atoms with Crippen LogP contribution < -0.4 is 5.56 Å². The van der Waals surface area contributed by atoms with Gasteiger partial charge in [-0.3, -0.25) is 4.79 Å². The van der Waals surface area contributed by atoms with Crippen LogP contribution >= 0.6 is 11.6 Å². The molecule has 0 radical (unpaired) electrons. The van der Waals surface area contributed by atoms with Crippen molar-refractivity contribution in [2.24, 2.45) is 0 Å². The topological polar surface area (TPSA) is 73.3 Å². The third kappa shape index (κ3) is 4.09. The third-order valence-corrected chi connectivity index (χ3v) is 5.22. The lowest BCUT2D eigenvalue weighted by Crippen LogP contribution is -2.16. The fourth-order valence-corrected chi connectivity index (χ4v) is 3.69. The first-order chi connectivity index (χ1) is 14.6. The van der Waals surface area contributed by atoms with Crippen LogP contribution in [0.1, 0.15) is 16.7 Å². The molecule has 0 spiro atoms. The highest BCUT2D eigenvalue weighted by Crippen LogP contribution is 2.40. The Bertz CT molecular complexity index is 1350. The molecule has 4 aromatic rings. The maximum absolute atomic E-state index is 13.4. The second-order valence-electron chi connectivity index (χ2n) is 7.07. The van der Waals surface area contributed by atoms with Crippen molar-refractivity contribution in [3.05, 3.63) is 92.7 Å². The molecular weight excluding hydrogens is 431 g/mol. The minimum absolute atomic E-state index is 0.0405. The van der Waals surface area contributed by atoms with Crippen LogP contribution in [-0.2, 0) is 12.6 Å². The SMILES string of the molecule is O=c1[nH]c2ccc(C(F)(F)F)cc2c(-c2cc(Cl)ccc2O)c1Cc1ccc(O)cc1. The van der Waals surface area contributed by atoms with Crippen LogP contribution in [0, 0.1) is 0 Å². The fourth-order valence-electron chi connectivity index (χ4n) is 3.51. The first-order valence-electron chi connectivity index (χ1n) is 9.16. The van der Waals surface area contributed by atoms with Crippen molar-refractivity contribution in [1.82, 2.24) is 4.98 Å². The van der Waals surface area contributed by atoms with Gasteiger partial charge in [0.25, 0.3) is 5.56 Å². The molecule has 158 valence electrons. The lowest BCUT2D eigenvalue weighted by Gasteiger charge is -2.16. The molecule has 0 saturated carbocycles. The molecule has 0 fully saturated rings. The minimum atomic E-state index is -4.59. The predicted octanol–water partition coefficient (Wildman–Crippen LogP) is 5.87. The molecule has 1 aromatic heterocycles. The van der Waals surface area contributed by atoms with Gasteiger partial charge in [0.2, 0.25) is 0 Å². The summed E-state index contributed by atoms with van der Waals surface area (Å²) >= 11 is 6.09. The highest BCUT2D eigenvalue weighted by Gasteiger charge is 2.31. The lowest BCUT2D eigenvalue weighted by atomic mass is 9.91. The van der Waals surface area contributed by atoms with Gasteiger partial charge in [-0.25, -0.2) is 0 Å². The molecule has 31 heavy (non-hydrogen) atoms. The van der Waals surface area contributed by atoms with Crippen molar-refractivity contribution in [2.45, 2.75) is 12.6 Å². The molecule has 0 amide bonds. The van der Waals surface area contributed by atoms with Crippen molar-refractivity contribution in [3.63, 3.8) is 0 Å². The fraction of sp³-hybridized carbons (Fsp3) is 0.0870. The largest absolute Gasteiger partial charge is 0.508 e. The second kappa shape index (κ2) is 7.67. The first kappa shape index (κ1) is 20.8. The number of phenolic OH excluding ortho intramolecular Hbond substituents is 2. The molecule has 3 N–H and O–H groups in total. The van der Waals surface area contributed by atoms with E-state index in [1.807, 2.05) is 0 Å². The van der Waals surface area contributed by atoms with Crippen LogP contribution in [0.5, 0.6) is 11.5 Å². The first-order valence-corrected chi connectivity index (χ1v) is 9.54. The van der Waals surface area contributed by atoms with Crippen LogP contribution in [0.15, 0.2) is 65.5 Å². The summed E-state index contributed by atoms with van der Waals surface area (Å²) in [5, 5.41) is 20.4. The second-order valence-corrected chi connectivity index (χ2v) is 7.51. The number of aromatic nitrogens is 1. The molecule has 8 heteroatoms. The molecule has 0 bridgehead atoms. The van der Waals surface area contributed by atoms with Crippen LogP contribution in [0.4, 0.5) is 13.2 Å². The van der Waals surface area contributed by atoms with Gasteiger partial charge in [0.1, 0.15) is 11.5 Å². The summed E-state index contributed by atoms with van der Waals surface area (Å²) in [6.45, 7) is 0. The summed E-state index contributed by atoms with van der Waals surface area (Å²) < 4.78 is 40.2. The molecule has 0 saturated heterocycles. The van der Waals surface area contributed by atoms with Gasteiger partial charge in [-0.1, -0.05) is 23.7 Å². The summed E-state index contributed by atoms with van der Waals surface area (Å²) in [6, 6.07) is 13.3. The smallest absolute Gasteiger partial charge is 0.416 e. The number of halogens is 4. The average molecular weight is 446 g/mol. The Kier molecular flexibility index (Phi) is 5.15. The minimum Gasteiger partial charge on any atom is -0.508 e. The number of phenols is 2. The van der Waals surface area contributed by atoms with Crippen LogP contribution in [0.25, 0.3) is 22.0 Å². The molecule has 3 aromatic carbocycles. The quantitative estimate of drug-likeness (QED) is 0.369. The Labute approximate surface area is 179 Å². The maximum atomic E-state index is 13.4. The summed E-state index contributed by atoms with van der Waals surface area (Å²) in [4.78, 5) is 15.6. The lowest BCUT2D eigenvalue weighted by molar-refractivity contribution is -0.137. The standard InChI is InChI=1S/C23H15ClF3NO3/c24-14-4-8-20(30)17(11-14)21-16-10-13(23(25,26)27)3-7-19(16)28-22(31)18(21)9-12-1-5-15(29)6-2-12/h1-8,10-11,29-30H,9H2,(H,28,31). The van der Waals surface area contributed by atoms with E-state index >= 15 is 0 Å². The van der Waals surface area contributed by atoms with E-state index in [2.05, 4.69) is 4.98 Å². The van der Waals surface area contributed by atoms with Crippen molar-refractivity contribution in [2.75, 3.05) is 0 Å². The summed E-state index contributed by atoms with van der Waals surface area (Å²) in [6.07, 6.45) is -4.53. The summed E-state index contributed by atoms with van der Waals surface area (Å²) in [5.74, 6) is -0.181. The average Bonchev–Trinajstić information content (AvgIpc) is 2.71. The Morgan fingerprint density at radius 1 is 0.935 bits per heavy atom. The number of nitrogens with one attached hydrogen (secondary N) is 1. The number of hydrogen-bond donors (Lipinski definition) is 3. The Morgan fingerprint density at radius 2 is 1.65 bits per heavy atom. The van der Waals surface area contributed by atoms with E-state index in [0.29, 0.717) is 5.56 Å². The van der Waals surface area contributed by atoms with Gasteiger partial charge in [0.05, 0.1) is 5.56 Å². The van der Waals surface area contributed by atoms with Gasteiger partial charge in [-0.15, -0.1) is 0 Å². The van der Waals surface area contributed by atoms with E-state index in [9.17, 15) is 28.2 Å². The van der Waals surface area contributed by atoms with Crippen molar-refractivity contribution in [3.8, 4) is 22.6 Å². The zero-order valence-corrected chi connectivity index (χ0v) is 16.6. The Morgan fingerprint density at radius 3 is 2.32 bits per heavy atom. The van der Waals surface area contributed by atoms with Crippen molar-refractivity contribution < 1.29 is 23.4 Å². The number of hydrogen-bond acceptors (Lipinski definition) is 3. The summed E-state index contributed by atoms with van der Waals surface area (Å²) in [7, 11) is 0. The van der Waals surface area contributed by atoms with Gasteiger partial charge < -0.3 is 15.2 Å². The molecule has 1 heterocycles. The van der Waals surface area contributed by atoms with Gasteiger partial charge in [0.15, 0.2) is 0 Å². The number of benzene rings is 3. The van der Waals surface area contributed by atoms with E-state index in [1.165, 1.54) is 36.4 Å². The number of rotatable bonds is 3. The zero-order valence-electron chi connectivity index (χ0n) is 15.8. The van der Waals surface area contributed by atoms with Crippen LogP contribution in [-0.4, -0.2) is 15.2 Å². The highest BCUT2D eigenvalue weighted by molar-refractivity contribution is 6.31. The molecule has 0 aliphatic rings. The van der Waals surface area contributed by atoms with Crippen LogP contribution in [0.2, 0.25) is 5.02 Å². The molecule has 0 unspecified atom stereocenters. The Hall–Kier alpha value is -3.45. The third-order valence-electron chi connectivity index (χ3n) is 4.99. The van der Waals surface area contributed by atoms with Crippen molar-refractivity contribution >= 4 is 22.5 Å². The van der Waals surface area contributed by atoms with E-state index < -0.39 is 17.3 Å². The molecule has 0 aliphatic carbocycles. The van der Waals surface area contributed by atoms with Gasteiger partial charge in [0, 0.05) is 39.0 Å². The van der Waals surface area contributed by atoms with E-state index in [4.69, 9.17) is 11.6 Å².